The average Bonchev–Trinajstić information content (AvgIpc) is 3.16. The lowest BCUT2D eigenvalue weighted by atomic mass is 10.1. The van der Waals surface area contributed by atoms with Crippen LogP contribution in [0.5, 0.6) is 5.75 Å². The molecule has 5 nitrogen and oxygen atoms in total. The number of aryl methyl sites for hydroxylation is 1. The summed E-state index contributed by atoms with van der Waals surface area (Å²) in [6, 6.07) is 13.6. The predicted molar refractivity (Wildman–Crippen MR) is 120 cm³/mol. The Kier molecular flexibility index (Phi) is 7.25. The number of likely N-dealkylation sites (N-methyl/N-ethyl adjacent to an activating group) is 1. The van der Waals surface area contributed by atoms with Crippen molar-refractivity contribution < 1.29 is 9.53 Å². The van der Waals surface area contributed by atoms with Gasteiger partial charge in [0.15, 0.2) is 0 Å². The number of hydrogen-bond acceptors (Lipinski definition) is 5. The zero-order valence-electron chi connectivity index (χ0n) is 16.7. The first-order valence-electron chi connectivity index (χ1n) is 9.34. The molecule has 0 bridgehead atoms. The van der Waals surface area contributed by atoms with Crippen LogP contribution in [0.15, 0.2) is 47.8 Å². The van der Waals surface area contributed by atoms with E-state index >= 15 is 0 Å². The molecular formula is C22H24ClN3O2S. The zero-order chi connectivity index (χ0) is 20.8. The third kappa shape index (κ3) is 5.79. The Morgan fingerprint density at radius 3 is 2.69 bits per heavy atom. The zero-order valence-corrected chi connectivity index (χ0v) is 18.3. The van der Waals surface area contributed by atoms with Gasteiger partial charge < -0.3 is 10.1 Å². The number of carbonyl (C=O) groups is 1. The van der Waals surface area contributed by atoms with E-state index in [0.29, 0.717) is 23.0 Å². The Balaban J connectivity index is 1.58. The van der Waals surface area contributed by atoms with Crippen molar-refractivity contribution in [3.8, 4) is 16.3 Å². The van der Waals surface area contributed by atoms with Gasteiger partial charge in [-0.2, -0.15) is 0 Å². The van der Waals surface area contributed by atoms with Gasteiger partial charge in [-0.25, -0.2) is 4.98 Å². The number of anilines is 1. The Bertz CT molecular complexity index is 972. The molecule has 0 unspecified atom stereocenters. The molecule has 0 atom stereocenters. The van der Waals surface area contributed by atoms with Crippen LogP contribution < -0.4 is 10.1 Å². The van der Waals surface area contributed by atoms with Crippen LogP contribution >= 0.6 is 22.9 Å². The summed E-state index contributed by atoms with van der Waals surface area (Å²) >= 11 is 7.63. The maximum absolute atomic E-state index is 12.4. The molecular weight excluding hydrogens is 406 g/mol. The van der Waals surface area contributed by atoms with E-state index in [9.17, 15) is 4.79 Å². The van der Waals surface area contributed by atoms with Crippen molar-refractivity contribution in [1.82, 2.24) is 9.88 Å². The van der Waals surface area contributed by atoms with Crippen molar-refractivity contribution in [3.63, 3.8) is 0 Å². The molecule has 7 heteroatoms. The van der Waals surface area contributed by atoms with Gasteiger partial charge in [0.05, 0.1) is 25.0 Å². The number of benzene rings is 2. The Morgan fingerprint density at radius 1 is 1.24 bits per heavy atom. The maximum atomic E-state index is 12.4. The van der Waals surface area contributed by atoms with Gasteiger partial charge in [0.2, 0.25) is 5.91 Å². The Morgan fingerprint density at radius 2 is 2.00 bits per heavy atom. The summed E-state index contributed by atoms with van der Waals surface area (Å²) < 4.78 is 5.27. The molecule has 1 heterocycles. The molecule has 0 saturated carbocycles. The monoisotopic (exact) mass is 429 g/mol. The standard InChI is InChI=1S/C22H24ClN3O2S/c1-4-15-5-7-16(8-6-15)22-24-18(14-29-22)12-26(2)13-21(27)25-19-11-17(23)9-10-20(19)28-3/h5-11,14H,4,12-13H2,1-3H3,(H,25,27). The van der Waals surface area contributed by atoms with Gasteiger partial charge in [0.25, 0.3) is 0 Å². The molecule has 3 aromatic rings. The first kappa shape index (κ1) is 21.3. The molecule has 0 aliphatic rings. The quantitative estimate of drug-likeness (QED) is 0.541. The van der Waals surface area contributed by atoms with Crippen molar-refractivity contribution in [3.05, 3.63) is 64.1 Å². The fourth-order valence-electron chi connectivity index (χ4n) is 2.94. The van der Waals surface area contributed by atoms with E-state index in [1.54, 1.807) is 36.6 Å². The van der Waals surface area contributed by atoms with Crippen LogP contribution in [0.4, 0.5) is 5.69 Å². The molecule has 0 radical (unpaired) electrons. The summed E-state index contributed by atoms with van der Waals surface area (Å²) in [4.78, 5) is 19.0. The minimum atomic E-state index is -0.140. The van der Waals surface area contributed by atoms with Crippen LogP contribution in [0, 0.1) is 0 Å². The van der Waals surface area contributed by atoms with Crippen molar-refractivity contribution in [2.75, 3.05) is 26.0 Å². The molecule has 0 aliphatic heterocycles. The lowest BCUT2D eigenvalue weighted by Crippen LogP contribution is -2.30. The number of nitrogens with zero attached hydrogens (tertiary/aromatic N) is 2. The highest BCUT2D eigenvalue weighted by atomic mass is 35.5. The van der Waals surface area contributed by atoms with Crippen LogP contribution in [0.25, 0.3) is 10.6 Å². The van der Waals surface area contributed by atoms with Gasteiger partial charge in [-0.1, -0.05) is 42.8 Å². The SMILES string of the molecule is CCc1ccc(-c2nc(CN(C)CC(=O)Nc3cc(Cl)ccc3OC)cs2)cc1. The molecule has 0 spiro atoms. The van der Waals surface area contributed by atoms with Gasteiger partial charge in [0.1, 0.15) is 10.8 Å². The van der Waals surface area contributed by atoms with Crippen LogP contribution in [-0.2, 0) is 17.8 Å². The van der Waals surface area contributed by atoms with Gasteiger partial charge >= 0.3 is 0 Å². The summed E-state index contributed by atoms with van der Waals surface area (Å²) in [5.41, 5.74) is 3.93. The lowest BCUT2D eigenvalue weighted by molar-refractivity contribution is -0.117. The maximum Gasteiger partial charge on any atom is 0.238 e. The molecule has 1 aromatic heterocycles. The van der Waals surface area contributed by atoms with E-state index in [1.807, 2.05) is 17.3 Å². The predicted octanol–water partition coefficient (Wildman–Crippen LogP) is 5.11. The third-order valence-corrected chi connectivity index (χ3v) is 5.62. The highest BCUT2D eigenvalue weighted by molar-refractivity contribution is 7.13. The Hall–Kier alpha value is -2.41. The average molecular weight is 430 g/mol. The molecule has 152 valence electrons. The second-order valence-corrected chi connectivity index (χ2v) is 8.05. The third-order valence-electron chi connectivity index (χ3n) is 4.44. The number of thiazole rings is 1. The van der Waals surface area contributed by atoms with Crippen molar-refractivity contribution >= 4 is 34.5 Å². The van der Waals surface area contributed by atoms with Crippen molar-refractivity contribution in [2.24, 2.45) is 0 Å². The normalized spacial score (nSPS) is 10.9. The van der Waals surface area contributed by atoms with Crippen LogP contribution in [0.2, 0.25) is 5.02 Å². The number of halogens is 1. The van der Waals surface area contributed by atoms with Crippen LogP contribution in [0.3, 0.4) is 0 Å². The van der Waals surface area contributed by atoms with E-state index in [2.05, 4.69) is 36.5 Å². The summed E-state index contributed by atoms with van der Waals surface area (Å²) in [5, 5.41) is 6.42. The summed E-state index contributed by atoms with van der Waals surface area (Å²) in [7, 11) is 3.45. The van der Waals surface area contributed by atoms with Gasteiger partial charge in [0, 0.05) is 22.5 Å². The molecule has 1 N–H and O–H groups in total. The number of carbonyl (C=O) groups excluding carboxylic acids is 1. The van der Waals surface area contributed by atoms with E-state index in [4.69, 9.17) is 21.3 Å². The second-order valence-electron chi connectivity index (χ2n) is 6.76. The molecule has 2 aromatic carbocycles. The van der Waals surface area contributed by atoms with E-state index < -0.39 is 0 Å². The number of nitrogens with one attached hydrogen (secondary N) is 1. The number of methoxy groups -OCH3 is 1. The largest absolute Gasteiger partial charge is 0.495 e. The summed E-state index contributed by atoms with van der Waals surface area (Å²) in [5.74, 6) is 0.433. The molecule has 29 heavy (non-hydrogen) atoms. The van der Waals surface area contributed by atoms with Crippen molar-refractivity contribution in [1.29, 1.82) is 0 Å². The van der Waals surface area contributed by atoms with E-state index in [-0.39, 0.29) is 12.5 Å². The Labute approximate surface area is 180 Å². The molecule has 3 rings (SSSR count). The lowest BCUT2D eigenvalue weighted by Gasteiger charge is -2.16. The highest BCUT2D eigenvalue weighted by Crippen LogP contribution is 2.28. The molecule has 0 aliphatic carbocycles. The topological polar surface area (TPSA) is 54.5 Å². The number of aromatic nitrogens is 1. The number of rotatable bonds is 8. The minimum absolute atomic E-state index is 0.140. The van der Waals surface area contributed by atoms with Crippen LogP contribution in [0.1, 0.15) is 18.2 Å². The molecule has 0 fully saturated rings. The van der Waals surface area contributed by atoms with Crippen LogP contribution in [-0.4, -0.2) is 36.5 Å². The number of ether oxygens (including phenoxy) is 1. The fraction of sp³-hybridized carbons (Fsp3) is 0.273. The summed E-state index contributed by atoms with van der Waals surface area (Å²) in [6.07, 6.45) is 1.03. The van der Waals surface area contributed by atoms with Gasteiger partial charge in [-0.05, 0) is 37.2 Å². The number of amides is 1. The van der Waals surface area contributed by atoms with Gasteiger partial charge in [-0.3, -0.25) is 9.69 Å². The minimum Gasteiger partial charge on any atom is -0.495 e. The summed E-state index contributed by atoms with van der Waals surface area (Å²) in [6.45, 7) is 2.96. The fourth-order valence-corrected chi connectivity index (χ4v) is 3.93. The smallest absolute Gasteiger partial charge is 0.238 e. The van der Waals surface area contributed by atoms with Crippen molar-refractivity contribution in [2.45, 2.75) is 19.9 Å². The van der Waals surface area contributed by atoms with Gasteiger partial charge in [-0.15, -0.1) is 11.3 Å². The van der Waals surface area contributed by atoms with E-state index in [1.165, 1.54) is 5.56 Å². The van der Waals surface area contributed by atoms with E-state index in [0.717, 1.165) is 22.7 Å². The first-order valence-corrected chi connectivity index (χ1v) is 10.6. The first-order chi connectivity index (χ1) is 14.0. The molecule has 0 saturated heterocycles. The highest BCUT2D eigenvalue weighted by Gasteiger charge is 2.13. The molecule has 1 amide bonds. The second kappa shape index (κ2) is 9.87. The number of hydrogen-bond donors (Lipinski definition) is 1.